The first-order valence-electron chi connectivity index (χ1n) is 6.50. The quantitative estimate of drug-likeness (QED) is 0.699. The molecule has 1 saturated carbocycles. The van der Waals surface area contributed by atoms with Crippen molar-refractivity contribution in [2.75, 3.05) is 39.0 Å². The van der Waals surface area contributed by atoms with Gasteiger partial charge in [-0.2, -0.15) is 11.8 Å². The monoisotopic (exact) mass is 271 g/mol. The van der Waals surface area contributed by atoms with E-state index in [1.54, 1.807) is 16.7 Å². The van der Waals surface area contributed by atoms with Crippen molar-refractivity contribution in [2.45, 2.75) is 24.0 Å². The first kappa shape index (κ1) is 13.7. The summed E-state index contributed by atoms with van der Waals surface area (Å²) in [5.41, 5.74) is 0. The lowest BCUT2D eigenvalue weighted by Crippen LogP contribution is -2.53. The summed E-state index contributed by atoms with van der Waals surface area (Å²) >= 11 is 1.80. The Hall–Kier alpha value is -0.750. The van der Waals surface area contributed by atoms with Gasteiger partial charge in [0.25, 0.3) is 0 Å². The third-order valence-corrected chi connectivity index (χ3v) is 5.29. The van der Waals surface area contributed by atoms with Gasteiger partial charge < -0.3 is 15.5 Å². The molecule has 0 bridgehead atoms. The van der Waals surface area contributed by atoms with E-state index in [9.17, 15) is 9.59 Å². The van der Waals surface area contributed by atoms with Gasteiger partial charge in [0.2, 0.25) is 0 Å². The second-order valence-electron chi connectivity index (χ2n) is 4.97. The van der Waals surface area contributed by atoms with Crippen molar-refractivity contribution in [3.05, 3.63) is 0 Å². The van der Waals surface area contributed by atoms with Gasteiger partial charge >= 0.3 is 11.8 Å². The molecule has 5 nitrogen and oxygen atoms in total. The number of thioether (sulfide) groups is 1. The average molecular weight is 271 g/mol. The van der Waals surface area contributed by atoms with Crippen LogP contribution in [0.2, 0.25) is 0 Å². The van der Waals surface area contributed by atoms with Gasteiger partial charge in [-0.05, 0) is 19.1 Å². The van der Waals surface area contributed by atoms with Crippen molar-refractivity contribution in [3.8, 4) is 0 Å². The zero-order valence-electron chi connectivity index (χ0n) is 10.8. The predicted octanol–water partition coefficient (Wildman–Crippen LogP) is -0.180. The molecule has 2 rings (SSSR count). The number of carbonyl (C=O) groups is 2. The van der Waals surface area contributed by atoms with Gasteiger partial charge in [0.05, 0.1) is 0 Å². The molecule has 2 N–H and O–H groups in total. The van der Waals surface area contributed by atoms with E-state index < -0.39 is 5.91 Å². The minimum absolute atomic E-state index is 0.180. The van der Waals surface area contributed by atoms with Crippen molar-refractivity contribution in [3.63, 3.8) is 0 Å². The van der Waals surface area contributed by atoms with Gasteiger partial charge in [0.1, 0.15) is 0 Å². The summed E-state index contributed by atoms with van der Waals surface area (Å²) in [4.78, 5) is 25.3. The summed E-state index contributed by atoms with van der Waals surface area (Å²) in [5.74, 6) is -0.829. The third kappa shape index (κ3) is 2.98. The lowest BCUT2D eigenvalue weighted by atomic mass is 9.84. The molecule has 1 heterocycles. The predicted molar refractivity (Wildman–Crippen MR) is 72.6 cm³/mol. The van der Waals surface area contributed by atoms with Crippen LogP contribution in [0.15, 0.2) is 0 Å². The fraction of sp³-hybridized carbons (Fsp3) is 0.833. The highest BCUT2D eigenvalue weighted by molar-refractivity contribution is 8.00. The number of amides is 2. The van der Waals surface area contributed by atoms with E-state index in [0.29, 0.717) is 19.6 Å². The van der Waals surface area contributed by atoms with Crippen molar-refractivity contribution >= 4 is 23.6 Å². The summed E-state index contributed by atoms with van der Waals surface area (Å²) in [5, 5.41) is 5.97. The number of piperazine rings is 1. The molecule has 1 aliphatic carbocycles. The van der Waals surface area contributed by atoms with Crippen molar-refractivity contribution in [2.24, 2.45) is 0 Å². The Kier molecular flexibility index (Phi) is 4.50. The lowest BCUT2D eigenvalue weighted by Gasteiger charge is -2.40. The third-order valence-electron chi connectivity index (χ3n) is 3.87. The minimum Gasteiger partial charge on any atom is -0.346 e. The van der Waals surface area contributed by atoms with Crippen LogP contribution in [0.25, 0.3) is 0 Å². The van der Waals surface area contributed by atoms with Crippen molar-refractivity contribution in [1.82, 2.24) is 15.5 Å². The Morgan fingerprint density at radius 2 is 2.00 bits per heavy atom. The Labute approximate surface area is 112 Å². The standard InChI is InChI=1S/C12H21N3O2S/c1-18-12(3-2-4-12)9-14-10(16)11(17)15-7-5-13-6-8-15/h13H,2-9H2,1H3,(H,14,16). The first-order valence-corrected chi connectivity index (χ1v) is 7.72. The van der Waals surface area contributed by atoms with Gasteiger partial charge in [0.15, 0.2) is 0 Å². The van der Waals surface area contributed by atoms with Crippen LogP contribution in [0.5, 0.6) is 0 Å². The topological polar surface area (TPSA) is 61.4 Å². The maximum atomic E-state index is 11.9. The zero-order chi connectivity index (χ0) is 13.0. The summed E-state index contributed by atoms with van der Waals surface area (Å²) in [6, 6.07) is 0. The number of nitrogens with one attached hydrogen (secondary N) is 2. The molecule has 0 unspecified atom stereocenters. The van der Waals surface area contributed by atoms with Crippen LogP contribution in [-0.4, -0.2) is 60.4 Å². The Morgan fingerprint density at radius 3 is 2.50 bits per heavy atom. The maximum Gasteiger partial charge on any atom is 0.311 e. The van der Waals surface area contributed by atoms with E-state index in [-0.39, 0.29) is 10.7 Å². The maximum absolute atomic E-state index is 11.9. The van der Waals surface area contributed by atoms with E-state index in [1.807, 2.05) is 0 Å². The van der Waals surface area contributed by atoms with Crippen LogP contribution in [-0.2, 0) is 9.59 Å². The molecule has 102 valence electrons. The molecule has 0 aromatic rings. The van der Waals surface area contributed by atoms with Gasteiger partial charge in [0, 0.05) is 37.5 Å². The molecule has 2 aliphatic rings. The summed E-state index contributed by atoms with van der Waals surface area (Å²) in [6.07, 6.45) is 5.57. The Morgan fingerprint density at radius 1 is 1.33 bits per heavy atom. The molecule has 1 aliphatic heterocycles. The fourth-order valence-corrected chi connectivity index (χ4v) is 3.27. The SMILES string of the molecule is CSC1(CNC(=O)C(=O)N2CCNCC2)CCC1. The first-order chi connectivity index (χ1) is 8.67. The fourth-order valence-electron chi connectivity index (χ4n) is 2.35. The summed E-state index contributed by atoms with van der Waals surface area (Å²) < 4.78 is 0.180. The number of nitrogens with zero attached hydrogens (tertiary/aromatic N) is 1. The molecule has 0 aromatic carbocycles. The van der Waals surface area contributed by atoms with Crippen LogP contribution in [0.3, 0.4) is 0 Å². The number of hydrogen-bond acceptors (Lipinski definition) is 4. The second kappa shape index (κ2) is 5.93. The van der Waals surface area contributed by atoms with E-state index in [0.717, 1.165) is 25.9 Å². The van der Waals surface area contributed by atoms with Gasteiger partial charge in [-0.1, -0.05) is 6.42 Å². The smallest absolute Gasteiger partial charge is 0.311 e. The van der Waals surface area contributed by atoms with E-state index >= 15 is 0 Å². The highest BCUT2D eigenvalue weighted by Crippen LogP contribution is 2.42. The molecule has 0 aromatic heterocycles. The largest absolute Gasteiger partial charge is 0.346 e. The minimum atomic E-state index is -0.447. The van der Waals surface area contributed by atoms with E-state index in [2.05, 4.69) is 16.9 Å². The van der Waals surface area contributed by atoms with Crippen LogP contribution >= 0.6 is 11.8 Å². The summed E-state index contributed by atoms with van der Waals surface area (Å²) in [6.45, 7) is 3.41. The Bertz CT molecular complexity index is 320. The normalized spacial score (nSPS) is 22.2. The zero-order valence-corrected chi connectivity index (χ0v) is 11.6. The number of hydrogen-bond donors (Lipinski definition) is 2. The molecular weight excluding hydrogens is 250 g/mol. The van der Waals surface area contributed by atoms with Crippen LogP contribution in [0.4, 0.5) is 0 Å². The van der Waals surface area contributed by atoms with E-state index in [1.165, 1.54) is 6.42 Å². The van der Waals surface area contributed by atoms with Gasteiger partial charge in [-0.25, -0.2) is 0 Å². The van der Waals surface area contributed by atoms with Gasteiger partial charge in [-0.15, -0.1) is 0 Å². The lowest BCUT2D eigenvalue weighted by molar-refractivity contribution is -0.146. The number of carbonyl (C=O) groups excluding carboxylic acids is 2. The van der Waals surface area contributed by atoms with Crippen molar-refractivity contribution in [1.29, 1.82) is 0 Å². The molecule has 2 amide bonds. The molecule has 6 heteroatoms. The van der Waals surface area contributed by atoms with Crippen LogP contribution in [0, 0.1) is 0 Å². The summed E-state index contributed by atoms with van der Waals surface area (Å²) in [7, 11) is 0. The van der Waals surface area contributed by atoms with Crippen LogP contribution < -0.4 is 10.6 Å². The van der Waals surface area contributed by atoms with Crippen LogP contribution in [0.1, 0.15) is 19.3 Å². The molecular formula is C12H21N3O2S. The molecule has 0 spiro atoms. The second-order valence-corrected chi connectivity index (χ2v) is 6.24. The molecule has 2 fully saturated rings. The highest BCUT2D eigenvalue weighted by Gasteiger charge is 2.37. The van der Waals surface area contributed by atoms with E-state index in [4.69, 9.17) is 0 Å². The molecule has 1 saturated heterocycles. The van der Waals surface area contributed by atoms with Gasteiger partial charge in [-0.3, -0.25) is 9.59 Å². The average Bonchev–Trinajstić information content (AvgIpc) is 2.38. The highest BCUT2D eigenvalue weighted by atomic mass is 32.2. The molecule has 18 heavy (non-hydrogen) atoms. The Balaban J connectivity index is 1.78. The van der Waals surface area contributed by atoms with Crippen molar-refractivity contribution < 1.29 is 9.59 Å². The number of rotatable bonds is 3. The molecule has 0 radical (unpaired) electrons. The molecule has 0 atom stereocenters.